The van der Waals surface area contributed by atoms with Gasteiger partial charge in [-0.2, -0.15) is 0 Å². The maximum absolute atomic E-state index is 15.9. The van der Waals surface area contributed by atoms with E-state index in [0.717, 1.165) is 24.0 Å². The zero-order chi connectivity index (χ0) is 42.1. The standard InChI is InChI=1S/C50H79N2O2P/c1-34(2)30-47(12,13)51(48(14,15)31-35(3)4)32-43-38(9)44(33-52(49(16,17)36(5)6)50(18,19)37(7)8)40(11)45(39(43)10)46(53)55(54,41-26-22-20-23-27-41)42-28-24-21-25-29-42/h20-29,34-37H,30-33H2,1-19H3. The van der Waals surface area contributed by atoms with Crippen LogP contribution in [0.4, 0.5) is 0 Å². The molecule has 0 atom stereocenters. The van der Waals surface area contributed by atoms with Crippen LogP contribution in [0.3, 0.4) is 0 Å². The van der Waals surface area contributed by atoms with E-state index >= 15 is 9.36 Å². The van der Waals surface area contributed by atoms with Crippen LogP contribution in [-0.2, 0) is 17.7 Å². The largest absolute Gasteiger partial charge is 0.305 e. The van der Waals surface area contributed by atoms with Gasteiger partial charge in [-0.05, 0) is 140 Å². The molecule has 0 fully saturated rings. The molecule has 55 heavy (non-hydrogen) atoms. The van der Waals surface area contributed by atoms with E-state index in [0.29, 0.717) is 52.9 Å². The monoisotopic (exact) mass is 771 g/mol. The Bertz CT molecular complexity index is 1710. The number of nitrogens with zero attached hydrogens (tertiary/aromatic N) is 2. The molecule has 4 nitrogen and oxygen atoms in total. The fourth-order valence-electron chi connectivity index (χ4n) is 9.50. The smallest absolute Gasteiger partial charge is 0.230 e. The van der Waals surface area contributed by atoms with Crippen molar-refractivity contribution in [1.29, 1.82) is 0 Å². The van der Waals surface area contributed by atoms with Crippen molar-refractivity contribution in [2.24, 2.45) is 23.7 Å². The van der Waals surface area contributed by atoms with E-state index in [4.69, 9.17) is 0 Å². The van der Waals surface area contributed by atoms with E-state index in [-0.39, 0.29) is 27.7 Å². The first-order chi connectivity index (χ1) is 25.1. The van der Waals surface area contributed by atoms with Crippen LogP contribution in [0.1, 0.15) is 162 Å². The molecule has 0 spiro atoms. The van der Waals surface area contributed by atoms with Gasteiger partial charge in [-0.25, -0.2) is 0 Å². The molecule has 3 aromatic carbocycles. The minimum absolute atomic E-state index is 0.116. The molecule has 0 bridgehead atoms. The van der Waals surface area contributed by atoms with Gasteiger partial charge in [0.1, 0.15) is 0 Å². The van der Waals surface area contributed by atoms with E-state index in [1.165, 1.54) is 16.7 Å². The highest BCUT2D eigenvalue weighted by molar-refractivity contribution is 7.93. The van der Waals surface area contributed by atoms with Gasteiger partial charge in [0.2, 0.25) is 12.7 Å². The minimum atomic E-state index is -3.78. The molecular formula is C50H79N2O2P. The fraction of sp³-hybridized carbons (Fsp3) is 0.620. The van der Waals surface area contributed by atoms with E-state index in [2.05, 4.69) is 141 Å². The summed E-state index contributed by atoms with van der Waals surface area (Å²) in [6.45, 7) is 45.6. The molecule has 306 valence electrons. The molecule has 5 heteroatoms. The van der Waals surface area contributed by atoms with Gasteiger partial charge in [-0.1, -0.05) is 116 Å². The maximum atomic E-state index is 15.9. The molecule has 0 unspecified atom stereocenters. The lowest BCUT2D eigenvalue weighted by Crippen LogP contribution is -2.59. The molecule has 0 heterocycles. The van der Waals surface area contributed by atoms with Gasteiger partial charge in [0, 0.05) is 51.4 Å². The Labute approximate surface area is 338 Å². The molecular weight excluding hydrogens is 692 g/mol. The van der Waals surface area contributed by atoms with Crippen molar-refractivity contribution < 1.29 is 9.36 Å². The van der Waals surface area contributed by atoms with Crippen molar-refractivity contribution in [2.75, 3.05) is 0 Å². The molecule has 0 amide bonds. The molecule has 3 rings (SSSR count). The van der Waals surface area contributed by atoms with Gasteiger partial charge in [0.05, 0.1) is 0 Å². The summed E-state index contributed by atoms with van der Waals surface area (Å²) < 4.78 is 15.9. The molecule has 0 aliphatic heterocycles. The molecule has 0 saturated heterocycles. The normalized spacial score (nSPS) is 13.7. The third kappa shape index (κ3) is 9.79. The van der Waals surface area contributed by atoms with Gasteiger partial charge in [0.15, 0.2) is 0 Å². The van der Waals surface area contributed by atoms with Crippen molar-refractivity contribution in [3.8, 4) is 0 Å². The molecule has 3 aromatic rings. The van der Waals surface area contributed by atoms with Gasteiger partial charge in [0.25, 0.3) is 0 Å². The number of benzene rings is 3. The summed E-state index contributed by atoms with van der Waals surface area (Å²) in [6.07, 6.45) is 2.10. The zero-order valence-corrected chi connectivity index (χ0v) is 39.5. The van der Waals surface area contributed by atoms with Gasteiger partial charge < -0.3 is 4.57 Å². The van der Waals surface area contributed by atoms with E-state index in [1.54, 1.807) is 0 Å². The first kappa shape index (κ1) is 46.9. The third-order valence-corrected chi connectivity index (χ3v) is 16.3. The highest BCUT2D eigenvalue weighted by Crippen LogP contribution is 2.50. The highest BCUT2D eigenvalue weighted by Gasteiger charge is 2.45. The molecule has 0 aliphatic rings. The summed E-state index contributed by atoms with van der Waals surface area (Å²) in [5, 5.41) is 1.16. The van der Waals surface area contributed by atoms with Gasteiger partial charge in [-0.15, -0.1) is 0 Å². The maximum Gasteiger partial charge on any atom is 0.230 e. The Hall–Kier alpha value is -2.52. The van der Waals surface area contributed by atoms with Crippen LogP contribution in [0.2, 0.25) is 0 Å². The number of carbonyl (C=O) groups excluding carboxylic acids is 1. The van der Waals surface area contributed by atoms with Crippen molar-refractivity contribution in [3.63, 3.8) is 0 Å². The number of hydrogen-bond acceptors (Lipinski definition) is 4. The van der Waals surface area contributed by atoms with Crippen LogP contribution in [0.15, 0.2) is 60.7 Å². The average molecular weight is 771 g/mol. The SMILES string of the molecule is Cc1c(CN(C(C)(C)CC(C)C)C(C)(C)CC(C)C)c(C)c(C(=O)P(=O)(c2ccccc2)c2ccccc2)c(C)c1CN(C(C)(C)C(C)C)C(C)(C)C(C)C. The van der Waals surface area contributed by atoms with Crippen molar-refractivity contribution >= 4 is 23.3 Å². The summed E-state index contributed by atoms with van der Waals surface area (Å²) in [7, 11) is -3.78. The summed E-state index contributed by atoms with van der Waals surface area (Å²) in [5.41, 5.74) is 5.37. The second kappa shape index (κ2) is 17.5. The predicted octanol–water partition coefficient (Wildman–Crippen LogP) is 12.9. The van der Waals surface area contributed by atoms with Crippen molar-refractivity contribution in [2.45, 2.75) is 180 Å². The fourth-order valence-corrected chi connectivity index (χ4v) is 12.1. The van der Waals surface area contributed by atoms with E-state index < -0.39 is 7.14 Å². The Morgan fingerprint density at radius 2 is 0.873 bits per heavy atom. The lowest BCUT2D eigenvalue weighted by atomic mass is 9.78. The molecule has 0 aliphatic carbocycles. The Balaban J connectivity index is 2.56. The van der Waals surface area contributed by atoms with Crippen molar-refractivity contribution in [1.82, 2.24) is 9.80 Å². The molecule has 0 N–H and O–H groups in total. The van der Waals surface area contributed by atoms with Gasteiger partial charge >= 0.3 is 0 Å². The van der Waals surface area contributed by atoms with Crippen molar-refractivity contribution in [3.05, 3.63) is 94.0 Å². The summed E-state index contributed by atoms with van der Waals surface area (Å²) in [5.74, 6) is 1.82. The Morgan fingerprint density at radius 3 is 1.18 bits per heavy atom. The van der Waals surface area contributed by atoms with E-state index in [9.17, 15) is 0 Å². The third-order valence-electron chi connectivity index (χ3n) is 13.4. The van der Waals surface area contributed by atoms with Crippen LogP contribution < -0.4 is 10.6 Å². The lowest BCUT2D eigenvalue weighted by Gasteiger charge is -2.53. The van der Waals surface area contributed by atoms with Crippen LogP contribution in [0, 0.1) is 44.4 Å². The van der Waals surface area contributed by atoms with Gasteiger partial charge in [-0.3, -0.25) is 14.6 Å². The second-order valence-electron chi connectivity index (χ2n) is 20.4. The highest BCUT2D eigenvalue weighted by atomic mass is 31.2. The minimum Gasteiger partial charge on any atom is -0.305 e. The number of hydrogen-bond donors (Lipinski definition) is 0. The van der Waals surface area contributed by atoms with Crippen LogP contribution in [0.25, 0.3) is 0 Å². The topological polar surface area (TPSA) is 40.6 Å². The quantitative estimate of drug-likeness (QED) is 0.121. The lowest BCUT2D eigenvalue weighted by molar-refractivity contribution is -0.0425. The zero-order valence-electron chi connectivity index (χ0n) is 38.6. The Kier molecular flexibility index (Phi) is 14.9. The Morgan fingerprint density at radius 1 is 0.545 bits per heavy atom. The number of rotatable bonds is 18. The average Bonchev–Trinajstić information content (AvgIpc) is 3.06. The second-order valence-corrected chi connectivity index (χ2v) is 23.1. The first-order valence-corrected chi connectivity index (χ1v) is 22.8. The number of carbonyl (C=O) groups is 1. The molecule has 0 radical (unpaired) electrons. The van der Waals surface area contributed by atoms with Crippen LogP contribution >= 0.6 is 7.14 Å². The van der Waals surface area contributed by atoms with Crippen LogP contribution in [0.5, 0.6) is 0 Å². The van der Waals surface area contributed by atoms with E-state index in [1.807, 2.05) is 60.7 Å². The molecule has 0 aromatic heterocycles. The predicted molar refractivity (Wildman–Crippen MR) is 241 cm³/mol. The summed E-state index contributed by atoms with van der Waals surface area (Å²) >= 11 is 0. The molecule has 0 saturated carbocycles. The first-order valence-electron chi connectivity index (χ1n) is 21.1. The summed E-state index contributed by atoms with van der Waals surface area (Å²) in [6, 6.07) is 18.9. The van der Waals surface area contributed by atoms with Crippen LogP contribution in [-0.4, -0.2) is 37.5 Å². The summed E-state index contributed by atoms with van der Waals surface area (Å²) in [4.78, 5) is 21.1.